The van der Waals surface area contributed by atoms with E-state index in [4.69, 9.17) is 5.73 Å². The third-order valence-corrected chi connectivity index (χ3v) is 2.98. The van der Waals surface area contributed by atoms with Crippen LogP contribution < -0.4 is 5.73 Å². The first-order valence-corrected chi connectivity index (χ1v) is 5.94. The summed E-state index contributed by atoms with van der Waals surface area (Å²) in [6.07, 6.45) is 2.48. The molecule has 1 aromatic heterocycles. The van der Waals surface area contributed by atoms with Gasteiger partial charge in [-0.05, 0) is 23.8 Å². The maximum Gasteiger partial charge on any atom is 0.249 e. The van der Waals surface area contributed by atoms with Gasteiger partial charge in [-0.2, -0.15) is 0 Å². The van der Waals surface area contributed by atoms with Gasteiger partial charge in [-0.15, -0.1) is 0 Å². The second kappa shape index (κ2) is 5.44. The van der Waals surface area contributed by atoms with E-state index in [2.05, 4.69) is 4.98 Å². The molecule has 0 fully saturated rings. The van der Waals surface area contributed by atoms with Gasteiger partial charge in [0.15, 0.2) is 0 Å². The Morgan fingerprint density at radius 1 is 1.26 bits per heavy atom. The number of primary amides is 1. The molecule has 0 saturated heterocycles. The number of carbonyl (C=O) groups is 2. The fraction of sp³-hybridized carbons (Fsp3) is 0.133. The molecule has 1 heterocycles. The first kappa shape index (κ1) is 13.0. The van der Waals surface area contributed by atoms with Crippen molar-refractivity contribution in [2.75, 3.05) is 0 Å². The van der Waals surface area contributed by atoms with Crippen molar-refractivity contribution >= 4 is 12.2 Å². The number of hydrogen-bond donors (Lipinski definition) is 1. The molecule has 4 heteroatoms. The molecule has 2 rings (SSSR count). The number of aldehydes is 1. The standard InChI is InChI=1S/C15H14N2O2/c1-10(9-18)11-5-4-6-12(15(16)19)14(11)13-7-2-3-8-17-13/h2-10H,1H3,(H2,16,19). The summed E-state index contributed by atoms with van der Waals surface area (Å²) in [5.41, 5.74) is 7.82. The molecule has 1 unspecified atom stereocenters. The topological polar surface area (TPSA) is 73.1 Å². The summed E-state index contributed by atoms with van der Waals surface area (Å²) in [7, 11) is 0. The average Bonchev–Trinajstić information content (AvgIpc) is 2.46. The first-order valence-electron chi connectivity index (χ1n) is 5.94. The lowest BCUT2D eigenvalue weighted by Crippen LogP contribution is -2.14. The van der Waals surface area contributed by atoms with Gasteiger partial charge < -0.3 is 10.5 Å². The Morgan fingerprint density at radius 3 is 2.63 bits per heavy atom. The highest BCUT2D eigenvalue weighted by Gasteiger charge is 2.18. The number of nitrogens with two attached hydrogens (primary N) is 1. The Hall–Kier alpha value is -2.49. The number of nitrogens with zero attached hydrogens (tertiary/aromatic N) is 1. The van der Waals surface area contributed by atoms with Crippen LogP contribution in [0.1, 0.15) is 28.8 Å². The van der Waals surface area contributed by atoms with E-state index in [0.29, 0.717) is 16.8 Å². The van der Waals surface area contributed by atoms with Gasteiger partial charge in [0, 0.05) is 23.2 Å². The van der Waals surface area contributed by atoms with E-state index in [9.17, 15) is 9.59 Å². The molecule has 1 aromatic carbocycles. The minimum absolute atomic E-state index is 0.323. The highest BCUT2D eigenvalue weighted by molar-refractivity contribution is 6.00. The molecule has 1 atom stereocenters. The summed E-state index contributed by atoms with van der Waals surface area (Å²) in [5.74, 6) is -0.850. The van der Waals surface area contributed by atoms with Crippen molar-refractivity contribution in [3.05, 3.63) is 53.7 Å². The molecule has 0 saturated carbocycles. The van der Waals surface area contributed by atoms with E-state index in [1.165, 1.54) is 0 Å². The molecule has 2 aromatic rings. The van der Waals surface area contributed by atoms with Gasteiger partial charge in [0.05, 0.1) is 5.69 Å². The van der Waals surface area contributed by atoms with Crippen molar-refractivity contribution in [1.82, 2.24) is 4.98 Å². The van der Waals surface area contributed by atoms with Gasteiger partial charge in [0.1, 0.15) is 6.29 Å². The van der Waals surface area contributed by atoms with Crippen LogP contribution in [-0.2, 0) is 4.79 Å². The number of amides is 1. The van der Waals surface area contributed by atoms with Crippen LogP contribution >= 0.6 is 0 Å². The number of carbonyl (C=O) groups excluding carboxylic acids is 2. The third-order valence-electron chi connectivity index (χ3n) is 2.98. The Bertz CT molecular complexity index is 609. The van der Waals surface area contributed by atoms with Gasteiger partial charge in [-0.3, -0.25) is 9.78 Å². The maximum absolute atomic E-state index is 11.6. The fourth-order valence-corrected chi connectivity index (χ4v) is 2.02. The van der Waals surface area contributed by atoms with Crippen LogP contribution in [0, 0.1) is 0 Å². The lowest BCUT2D eigenvalue weighted by molar-refractivity contribution is -0.108. The molecule has 0 aliphatic rings. The second-order valence-corrected chi connectivity index (χ2v) is 4.27. The van der Waals surface area contributed by atoms with Crippen LogP contribution in [0.3, 0.4) is 0 Å². The molecule has 0 aliphatic heterocycles. The molecule has 19 heavy (non-hydrogen) atoms. The van der Waals surface area contributed by atoms with E-state index >= 15 is 0 Å². The van der Waals surface area contributed by atoms with Crippen molar-refractivity contribution in [2.24, 2.45) is 5.73 Å². The highest BCUT2D eigenvalue weighted by Crippen LogP contribution is 2.30. The van der Waals surface area contributed by atoms with Crippen molar-refractivity contribution < 1.29 is 9.59 Å². The zero-order chi connectivity index (χ0) is 13.8. The predicted octanol–water partition coefficient (Wildman–Crippen LogP) is 2.15. The Balaban J connectivity index is 2.73. The summed E-state index contributed by atoms with van der Waals surface area (Å²) in [4.78, 5) is 26.8. The van der Waals surface area contributed by atoms with E-state index in [0.717, 1.165) is 11.8 Å². The van der Waals surface area contributed by atoms with Crippen LogP contribution in [0.2, 0.25) is 0 Å². The highest BCUT2D eigenvalue weighted by atomic mass is 16.1. The van der Waals surface area contributed by atoms with Gasteiger partial charge >= 0.3 is 0 Å². The molecular formula is C15H14N2O2. The lowest BCUT2D eigenvalue weighted by atomic mass is 9.90. The van der Waals surface area contributed by atoms with Gasteiger partial charge in [-0.1, -0.05) is 25.1 Å². The number of rotatable bonds is 4. The van der Waals surface area contributed by atoms with Gasteiger partial charge in [0.25, 0.3) is 0 Å². The van der Waals surface area contributed by atoms with Crippen LogP contribution in [0.15, 0.2) is 42.6 Å². The minimum atomic E-state index is -0.527. The molecule has 0 spiro atoms. The molecule has 2 N–H and O–H groups in total. The van der Waals surface area contributed by atoms with Crippen molar-refractivity contribution in [2.45, 2.75) is 12.8 Å². The maximum atomic E-state index is 11.6. The molecule has 4 nitrogen and oxygen atoms in total. The SMILES string of the molecule is CC(C=O)c1cccc(C(N)=O)c1-c1ccccn1. The molecule has 1 amide bonds. The van der Waals surface area contributed by atoms with Crippen molar-refractivity contribution in [1.29, 1.82) is 0 Å². The normalized spacial score (nSPS) is 11.8. The zero-order valence-corrected chi connectivity index (χ0v) is 10.5. The van der Waals surface area contributed by atoms with Crippen LogP contribution in [0.5, 0.6) is 0 Å². The largest absolute Gasteiger partial charge is 0.366 e. The molecular weight excluding hydrogens is 240 g/mol. The molecule has 0 bridgehead atoms. The van der Waals surface area contributed by atoms with Crippen molar-refractivity contribution in [3.63, 3.8) is 0 Å². The van der Waals surface area contributed by atoms with Gasteiger partial charge in [0.2, 0.25) is 5.91 Å². The van der Waals surface area contributed by atoms with E-state index in [-0.39, 0.29) is 5.92 Å². The van der Waals surface area contributed by atoms with Crippen LogP contribution in [0.25, 0.3) is 11.3 Å². The number of aromatic nitrogens is 1. The van der Waals surface area contributed by atoms with E-state index < -0.39 is 5.91 Å². The monoisotopic (exact) mass is 254 g/mol. The minimum Gasteiger partial charge on any atom is -0.366 e. The number of hydrogen-bond acceptors (Lipinski definition) is 3. The van der Waals surface area contributed by atoms with E-state index in [1.54, 1.807) is 37.4 Å². The fourth-order valence-electron chi connectivity index (χ4n) is 2.02. The number of pyridine rings is 1. The first-order chi connectivity index (χ1) is 9.15. The third kappa shape index (κ3) is 2.52. The van der Waals surface area contributed by atoms with Gasteiger partial charge in [-0.25, -0.2) is 0 Å². The summed E-state index contributed by atoms with van der Waals surface area (Å²) >= 11 is 0. The molecule has 0 aliphatic carbocycles. The Morgan fingerprint density at radius 2 is 2.05 bits per heavy atom. The summed E-state index contributed by atoms with van der Waals surface area (Å²) < 4.78 is 0. The Kier molecular flexibility index (Phi) is 3.71. The van der Waals surface area contributed by atoms with Crippen LogP contribution in [-0.4, -0.2) is 17.2 Å². The molecule has 96 valence electrons. The predicted molar refractivity (Wildman–Crippen MR) is 72.7 cm³/mol. The quantitative estimate of drug-likeness (QED) is 0.849. The summed E-state index contributed by atoms with van der Waals surface area (Å²) in [6, 6.07) is 10.6. The smallest absolute Gasteiger partial charge is 0.249 e. The Labute approximate surface area is 111 Å². The summed E-state index contributed by atoms with van der Waals surface area (Å²) in [5, 5.41) is 0. The molecule has 0 radical (unpaired) electrons. The lowest BCUT2D eigenvalue weighted by Gasteiger charge is -2.14. The zero-order valence-electron chi connectivity index (χ0n) is 10.5. The number of benzene rings is 1. The van der Waals surface area contributed by atoms with E-state index in [1.807, 2.05) is 12.1 Å². The second-order valence-electron chi connectivity index (χ2n) is 4.27. The van der Waals surface area contributed by atoms with Crippen LogP contribution in [0.4, 0.5) is 0 Å². The summed E-state index contributed by atoms with van der Waals surface area (Å²) in [6.45, 7) is 1.78. The average molecular weight is 254 g/mol. The van der Waals surface area contributed by atoms with Crippen molar-refractivity contribution in [3.8, 4) is 11.3 Å².